The fourth-order valence-corrected chi connectivity index (χ4v) is 7.02. The van der Waals surface area contributed by atoms with Crippen molar-refractivity contribution in [2.24, 2.45) is 0 Å². The van der Waals surface area contributed by atoms with E-state index in [0.29, 0.717) is 0 Å². The molecule has 48 heavy (non-hydrogen) atoms. The van der Waals surface area contributed by atoms with Gasteiger partial charge in [0.15, 0.2) is 0 Å². The smallest absolute Gasteiger partial charge is 0.0540 e. The zero-order valence-corrected chi connectivity index (χ0v) is 26.4. The van der Waals surface area contributed by atoms with Crippen molar-refractivity contribution in [3.05, 3.63) is 194 Å². The van der Waals surface area contributed by atoms with Gasteiger partial charge in [0, 0.05) is 33.7 Å². The number of nitrogens with zero attached hydrogens (tertiary/aromatic N) is 2. The Kier molecular flexibility index (Phi) is 6.84. The van der Waals surface area contributed by atoms with Gasteiger partial charge in [-0.2, -0.15) is 0 Å². The molecule has 0 N–H and O–H groups in total. The summed E-state index contributed by atoms with van der Waals surface area (Å²) in [5, 5.41) is 6.20. The monoisotopic (exact) mass is 612 g/mol. The molecular weight excluding hydrogens is 581 g/mol. The molecule has 0 aliphatic heterocycles. The van der Waals surface area contributed by atoms with Crippen LogP contribution in [0.2, 0.25) is 0 Å². The minimum Gasteiger partial charge on any atom is -0.316 e. The summed E-state index contributed by atoms with van der Waals surface area (Å²) in [6.07, 6.45) is 2.18. The van der Waals surface area contributed by atoms with Crippen LogP contribution in [0.3, 0.4) is 0 Å². The Bertz CT molecular complexity index is 2530. The average molecular weight is 613 g/mol. The normalized spacial score (nSPS) is 11.3. The fourth-order valence-electron chi connectivity index (χ4n) is 7.02. The summed E-state index contributed by atoms with van der Waals surface area (Å²) in [5.74, 6) is 0. The topological polar surface area (TPSA) is 8.17 Å². The molecular formula is C46H32N2. The molecule has 8 aromatic carbocycles. The van der Waals surface area contributed by atoms with E-state index in [0.717, 1.165) is 11.4 Å². The maximum Gasteiger partial charge on any atom is 0.0540 e. The maximum absolute atomic E-state index is 2.35. The van der Waals surface area contributed by atoms with Gasteiger partial charge < -0.3 is 9.47 Å². The van der Waals surface area contributed by atoms with Crippen molar-refractivity contribution in [3.8, 4) is 27.9 Å². The van der Waals surface area contributed by atoms with Crippen LogP contribution in [0.1, 0.15) is 0 Å². The van der Waals surface area contributed by atoms with Gasteiger partial charge in [-0.25, -0.2) is 0 Å². The number of hydrogen-bond donors (Lipinski definition) is 0. The van der Waals surface area contributed by atoms with Crippen LogP contribution in [-0.4, -0.2) is 4.57 Å². The predicted octanol–water partition coefficient (Wildman–Crippen LogP) is 12.7. The van der Waals surface area contributed by atoms with Crippen LogP contribution in [0.4, 0.5) is 17.1 Å². The van der Waals surface area contributed by atoms with Crippen molar-refractivity contribution >= 4 is 49.5 Å². The SMILES string of the molecule is c1ccc(N(c2ccc(-c3ccc(-c4ccc5c(ccn5-c5cccc6ccccc56)c4)cc3)cc2)c2cccc3ccccc23)cc1. The lowest BCUT2D eigenvalue weighted by atomic mass is 9.99. The van der Waals surface area contributed by atoms with Gasteiger partial charge in [0.1, 0.15) is 0 Å². The number of anilines is 3. The van der Waals surface area contributed by atoms with Gasteiger partial charge in [0.2, 0.25) is 0 Å². The van der Waals surface area contributed by atoms with Crippen molar-refractivity contribution in [1.82, 2.24) is 4.57 Å². The van der Waals surface area contributed by atoms with Crippen LogP contribution in [0, 0.1) is 0 Å². The van der Waals surface area contributed by atoms with Gasteiger partial charge in [-0.15, -0.1) is 0 Å². The summed E-state index contributed by atoms with van der Waals surface area (Å²) < 4.78 is 2.30. The lowest BCUT2D eigenvalue weighted by Gasteiger charge is -2.27. The zero-order valence-electron chi connectivity index (χ0n) is 26.4. The molecule has 0 bridgehead atoms. The van der Waals surface area contributed by atoms with E-state index < -0.39 is 0 Å². The summed E-state index contributed by atoms with van der Waals surface area (Å²) >= 11 is 0. The zero-order chi connectivity index (χ0) is 31.9. The number of para-hydroxylation sites is 1. The summed E-state index contributed by atoms with van der Waals surface area (Å²) in [6, 6.07) is 67.6. The van der Waals surface area contributed by atoms with E-state index in [2.05, 4.69) is 204 Å². The van der Waals surface area contributed by atoms with Crippen molar-refractivity contribution in [2.45, 2.75) is 0 Å². The molecule has 9 rings (SSSR count). The third-order valence-corrected chi connectivity index (χ3v) is 9.42. The molecule has 0 atom stereocenters. The number of rotatable bonds is 6. The van der Waals surface area contributed by atoms with E-state index in [1.807, 2.05) is 0 Å². The standard InChI is InChI=1S/C46H32N2/c1-2-14-40(15-3-1)48(46-19-9-13-37-11-5-7-17-43(37)46)41-27-24-34(25-28-41)33-20-22-35(23-21-33)38-26-29-44-39(32-38)30-31-47(44)45-18-8-12-36-10-4-6-16-42(36)45/h1-32H. The van der Waals surface area contributed by atoms with Gasteiger partial charge in [-0.05, 0) is 87.6 Å². The number of benzene rings is 8. The molecule has 0 unspecified atom stereocenters. The molecule has 226 valence electrons. The van der Waals surface area contributed by atoms with E-state index in [1.54, 1.807) is 0 Å². The van der Waals surface area contributed by atoms with Gasteiger partial charge in [-0.3, -0.25) is 0 Å². The van der Waals surface area contributed by atoms with Crippen LogP contribution in [-0.2, 0) is 0 Å². The Morgan fingerprint density at radius 3 is 1.65 bits per heavy atom. The van der Waals surface area contributed by atoms with Crippen molar-refractivity contribution in [1.29, 1.82) is 0 Å². The Hall–Kier alpha value is -6.38. The van der Waals surface area contributed by atoms with Gasteiger partial charge in [0.05, 0.1) is 16.9 Å². The highest BCUT2D eigenvalue weighted by Gasteiger charge is 2.15. The first kappa shape index (κ1) is 27.9. The van der Waals surface area contributed by atoms with Gasteiger partial charge in [0.25, 0.3) is 0 Å². The highest BCUT2D eigenvalue weighted by molar-refractivity contribution is 5.99. The largest absolute Gasteiger partial charge is 0.316 e. The molecule has 0 amide bonds. The second-order valence-corrected chi connectivity index (χ2v) is 12.3. The maximum atomic E-state index is 2.35. The Morgan fingerprint density at radius 1 is 0.354 bits per heavy atom. The van der Waals surface area contributed by atoms with E-state index in [4.69, 9.17) is 0 Å². The molecule has 0 aliphatic rings. The highest BCUT2D eigenvalue weighted by atomic mass is 15.1. The minimum atomic E-state index is 1.13. The van der Waals surface area contributed by atoms with Crippen molar-refractivity contribution in [3.63, 3.8) is 0 Å². The molecule has 1 heterocycles. The lowest BCUT2D eigenvalue weighted by molar-refractivity contribution is 1.14. The molecule has 0 fully saturated rings. The first-order valence-electron chi connectivity index (χ1n) is 16.4. The van der Waals surface area contributed by atoms with Crippen molar-refractivity contribution in [2.75, 3.05) is 4.90 Å². The predicted molar refractivity (Wildman–Crippen MR) is 204 cm³/mol. The summed E-state index contributed by atoms with van der Waals surface area (Å²) in [4.78, 5) is 2.35. The third kappa shape index (κ3) is 4.92. The van der Waals surface area contributed by atoms with Gasteiger partial charge >= 0.3 is 0 Å². The summed E-state index contributed by atoms with van der Waals surface area (Å²) in [5.41, 5.74) is 10.7. The van der Waals surface area contributed by atoms with E-state index in [9.17, 15) is 0 Å². The molecule has 0 aliphatic carbocycles. The Morgan fingerprint density at radius 2 is 0.896 bits per heavy atom. The summed E-state index contributed by atoms with van der Waals surface area (Å²) in [7, 11) is 0. The van der Waals surface area contributed by atoms with Crippen LogP contribution in [0.15, 0.2) is 194 Å². The van der Waals surface area contributed by atoms with Crippen molar-refractivity contribution < 1.29 is 0 Å². The number of fused-ring (bicyclic) bond motifs is 3. The molecule has 9 aromatic rings. The van der Waals surface area contributed by atoms with E-state index >= 15 is 0 Å². The first-order chi connectivity index (χ1) is 23.8. The molecule has 0 radical (unpaired) electrons. The quantitative estimate of drug-likeness (QED) is 0.181. The molecule has 0 saturated carbocycles. The van der Waals surface area contributed by atoms with Crippen LogP contribution < -0.4 is 4.90 Å². The van der Waals surface area contributed by atoms with E-state index in [-0.39, 0.29) is 0 Å². The Labute approximate surface area is 280 Å². The average Bonchev–Trinajstić information content (AvgIpc) is 3.59. The number of hydrogen-bond acceptors (Lipinski definition) is 1. The molecule has 1 aromatic heterocycles. The van der Waals surface area contributed by atoms with E-state index in [1.165, 1.54) is 66.1 Å². The molecule has 0 spiro atoms. The van der Waals surface area contributed by atoms with Gasteiger partial charge in [-0.1, -0.05) is 133 Å². The molecule has 2 heteroatoms. The van der Waals surface area contributed by atoms with Crippen LogP contribution in [0.25, 0.3) is 60.4 Å². The minimum absolute atomic E-state index is 1.13. The molecule has 0 saturated heterocycles. The lowest BCUT2D eigenvalue weighted by Crippen LogP contribution is -2.10. The summed E-state index contributed by atoms with van der Waals surface area (Å²) in [6.45, 7) is 0. The highest BCUT2D eigenvalue weighted by Crippen LogP contribution is 2.39. The van der Waals surface area contributed by atoms with Crippen LogP contribution in [0.5, 0.6) is 0 Å². The Balaban J connectivity index is 1.01. The second kappa shape index (κ2) is 11.8. The first-order valence-corrected chi connectivity index (χ1v) is 16.4. The number of aromatic nitrogens is 1. The van der Waals surface area contributed by atoms with Crippen LogP contribution >= 0.6 is 0 Å². The fraction of sp³-hybridized carbons (Fsp3) is 0. The third-order valence-electron chi connectivity index (χ3n) is 9.42. The second-order valence-electron chi connectivity index (χ2n) is 12.3. The molecule has 2 nitrogen and oxygen atoms in total.